The van der Waals surface area contributed by atoms with E-state index in [0.717, 1.165) is 25.2 Å². The zero-order valence-corrected chi connectivity index (χ0v) is 14.7. The monoisotopic (exact) mass is 361 g/mol. The molecule has 0 unspecified atom stereocenters. The van der Waals surface area contributed by atoms with Crippen molar-refractivity contribution in [2.75, 3.05) is 32.7 Å². The van der Waals surface area contributed by atoms with Gasteiger partial charge in [0, 0.05) is 19.6 Å². The first-order valence-electron chi connectivity index (χ1n) is 9.01. The number of hydrogen-bond donors (Lipinski definition) is 2. The fraction of sp³-hybridized carbons (Fsp3) is 0.474. The molecule has 26 heavy (non-hydrogen) atoms. The van der Waals surface area contributed by atoms with E-state index in [1.807, 2.05) is 0 Å². The lowest BCUT2D eigenvalue weighted by atomic mass is 10.1. The summed E-state index contributed by atoms with van der Waals surface area (Å²) < 4.78 is 12.9. The van der Waals surface area contributed by atoms with Gasteiger partial charge in [-0.3, -0.25) is 9.59 Å². The molecule has 6 nitrogen and oxygen atoms in total. The van der Waals surface area contributed by atoms with Crippen LogP contribution in [0.2, 0.25) is 0 Å². The van der Waals surface area contributed by atoms with Gasteiger partial charge in [-0.25, -0.2) is 4.39 Å². The number of hydrogen-bond acceptors (Lipinski definition) is 4. The third-order valence-electron chi connectivity index (χ3n) is 4.90. The summed E-state index contributed by atoms with van der Waals surface area (Å²) in [4.78, 5) is 28.3. The predicted molar refractivity (Wildman–Crippen MR) is 94.8 cm³/mol. The third kappa shape index (κ3) is 4.40. The van der Waals surface area contributed by atoms with Gasteiger partial charge in [0.25, 0.3) is 11.8 Å². The van der Waals surface area contributed by atoms with Crippen LogP contribution in [0.1, 0.15) is 24.8 Å². The Bertz CT molecular complexity index is 696. The summed E-state index contributed by atoms with van der Waals surface area (Å²) in [6, 6.07) is 5.79. The SMILES string of the molecule is O=C(NCc1ccc(F)cc1)C1=C(O)C(=O)N(CCN2CCCCC2)C1. The second kappa shape index (κ2) is 8.31. The maximum absolute atomic E-state index is 12.9. The summed E-state index contributed by atoms with van der Waals surface area (Å²) in [6.07, 6.45) is 3.60. The fourth-order valence-electron chi connectivity index (χ4n) is 3.31. The average Bonchev–Trinajstić information content (AvgIpc) is 2.95. The Morgan fingerprint density at radius 3 is 2.50 bits per heavy atom. The van der Waals surface area contributed by atoms with Crippen LogP contribution in [-0.2, 0) is 16.1 Å². The van der Waals surface area contributed by atoms with Crippen molar-refractivity contribution in [2.45, 2.75) is 25.8 Å². The van der Waals surface area contributed by atoms with E-state index >= 15 is 0 Å². The van der Waals surface area contributed by atoms with Crippen LogP contribution in [0.25, 0.3) is 0 Å². The van der Waals surface area contributed by atoms with E-state index in [4.69, 9.17) is 0 Å². The molecule has 0 atom stereocenters. The number of aliphatic hydroxyl groups excluding tert-OH is 1. The van der Waals surface area contributed by atoms with Crippen molar-refractivity contribution in [3.05, 3.63) is 47.0 Å². The van der Waals surface area contributed by atoms with Crippen molar-refractivity contribution in [3.63, 3.8) is 0 Å². The Hall–Kier alpha value is -2.41. The van der Waals surface area contributed by atoms with Crippen LogP contribution in [-0.4, -0.2) is 59.4 Å². The summed E-state index contributed by atoms with van der Waals surface area (Å²) in [7, 11) is 0. The quantitative estimate of drug-likeness (QED) is 0.807. The first-order chi connectivity index (χ1) is 12.5. The number of nitrogens with one attached hydrogen (secondary N) is 1. The largest absolute Gasteiger partial charge is 0.503 e. The topological polar surface area (TPSA) is 72.9 Å². The maximum Gasteiger partial charge on any atom is 0.289 e. The van der Waals surface area contributed by atoms with Crippen molar-refractivity contribution in [3.8, 4) is 0 Å². The van der Waals surface area contributed by atoms with Crippen LogP contribution in [0.4, 0.5) is 4.39 Å². The van der Waals surface area contributed by atoms with Crippen molar-refractivity contribution in [2.24, 2.45) is 0 Å². The van der Waals surface area contributed by atoms with E-state index in [2.05, 4.69) is 10.2 Å². The van der Waals surface area contributed by atoms with Gasteiger partial charge in [0.1, 0.15) is 5.82 Å². The number of likely N-dealkylation sites (tertiary alicyclic amines) is 1. The van der Waals surface area contributed by atoms with Crippen molar-refractivity contribution in [1.29, 1.82) is 0 Å². The number of halogens is 1. The van der Waals surface area contributed by atoms with Gasteiger partial charge in [0.05, 0.1) is 12.1 Å². The maximum atomic E-state index is 12.9. The second-order valence-electron chi connectivity index (χ2n) is 6.77. The Kier molecular flexibility index (Phi) is 5.88. The summed E-state index contributed by atoms with van der Waals surface area (Å²) in [5.41, 5.74) is 0.835. The molecular formula is C19H24FN3O3. The molecule has 0 radical (unpaired) electrons. The molecule has 3 rings (SSSR count). The lowest BCUT2D eigenvalue weighted by Crippen LogP contribution is -2.39. The van der Waals surface area contributed by atoms with Gasteiger partial charge in [-0.15, -0.1) is 0 Å². The van der Waals surface area contributed by atoms with E-state index in [9.17, 15) is 19.1 Å². The minimum absolute atomic E-state index is 0.0933. The second-order valence-corrected chi connectivity index (χ2v) is 6.77. The average molecular weight is 361 g/mol. The fourth-order valence-corrected chi connectivity index (χ4v) is 3.31. The Morgan fingerprint density at radius 2 is 1.81 bits per heavy atom. The van der Waals surface area contributed by atoms with Crippen LogP contribution >= 0.6 is 0 Å². The molecule has 140 valence electrons. The van der Waals surface area contributed by atoms with E-state index in [0.29, 0.717) is 6.54 Å². The minimum atomic E-state index is -0.492. The Labute approximate surface area is 152 Å². The number of amides is 2. The first kappa shape index (κ1) is 18.4. The number of rotatable bonds is 6. The summed E-state index contributed by atoms with van der Waals surface area (Å²) in [5.74, 6) is -1.78. The molecule has 0 aliphatic carbocycles. The van der Waals surface area contributed by atoms with Crippen molar-refractivity contribution < 1.29 is 19.1 Å². The van der Waals surface area contributed by atoms with E-state index in [-0.39, 0.29) is 24.5 Å². The smallest absolute Gasteiger partial charge is 0.289 e. The van der Waals surface area contributed by atoms with Crippen LogP contribution in [0.3, 0.4) is 0 Å². The van der Waals surface area contributed by atoms with Gasteiger partial charge in [-0.2, -0.15) is 0 Å². The van der Waals surface area contributed by atoms with Gasteiger partial charge < -0.3 is 20.2 Å². The molecule has 1 aromatic carbocycles. The van der Waals surface area contributed by atoms with Gasteiger partial charge in [-0.05, 0) is 43.6 Å². The number of piperidine rings is 1. The first-order valence-corrected chi connectivity index (χ1v) is 9.01. The molecular weight excluding hydrogens is 337 g/mol. The molecule has 2 aliphatic rings. The van der Waals surface area contributed by atoms with Gasteiger partial charge >= 0.3 is 0 Å². The summed E-state index contributed by atoms with van der Waals surface area (Å²) in [6.45, 7) is 3.64. The predicted octanol–water partition coefficient (Wildman–Crippen LogP) is 1.58. The van der Waals surface area contributed by atoms with Gasteiger partial charge in [0.15, 0.2) is 5.76 Å². The molecule has 1 saturated heterocycles. The normalized spacial score (nSPS) is 18.5. The van der Waals surface area contributed by atoms with E-state index < -0.39 is 17.6 Å². The highest BCUT2D eigenvalue weighted by Gasteiger charge is 2.33. The third-order valence-corrected chi connectivity index (χ3v) is 4.90. The van der Waals surface area contributed by atoms with E-state index in [1.165, 1.54) is 36.3 Å². The lowest BCUT2D eigenvalue weighted by molar-refractivity contribution is -0.128. The minimum Gasteiger partial charge on any atom is -0.503 e. The van der Waals surface area contributed by atoms with Crippen LogP contribution in [0, 0.1) is 5.82 Å². The molecule has 1 aromatic rings. The van der Waals surface area contributed by atoms with Gasteiger partial charge in [0.2, 0.25) is 0 Å². The number of carbonyl (C=O) groups is 2. The zero-order valence-electron chi connectivity index (χ0n) is 14.7. The molecule has 2 heterocycles. The van der Waals surface area contributed by atoms with Crippen molar-refractivity contribution >= 4 is 11.8 Å². The highest BCUT2D eigenvalue weighted by Crippen LogP contribution is 2.18. The molecule has 2 N–H and O–H groups in total. The zero-order chi connectivity index (χ0) is 18.5. The molecule has 0 bridgehead atoms. The Balaban J connectivity index is 1.51. The molecule has 7 heteroatoms. The van der Waals surface area contributed by atoms with Crippen LogP contribution < -0.4 is 5.32 Å². The Morgan fingerprint density at radius 1 is 1.12 bits per heavy atom. The molecule has 2 amide bonds. The summed E-state index contributed by atoms with van der Waals surface area (Å²) >= 11 is 0. The summed E-state index contributed by atoms with van der Waals surface area (Å²) in [5, 5.41) is 12.7. The standard InChI is InChI=1S/C19H24FN3O3/c20-15-6-4-14(5-7-15)12-21-18(25)16-13-23(19(26)17(16)24)11-10-22-8-2-1-3-9-22/h4-7,24H,1-3,8-13H2,(H,21,25). The highest BCUT2D eigenvalue weighted by molar-refractivity contribution is 6.06. The number of nitrogens with zero attached hydrogens (tertiary/aromatic N) is 2. The number of aliphatic hydroxyl groups is 1. The van der Waals surface area contributed by atoms with Crippen LogP contribution in [0.15, 0.2) is 35.6 Å². The lowest BCUT2D eigenvalue weighted by Gasteiger charge is -2.28. The molecule has 2 aliphatic heterocycles. The molecule has 0 saturated carbocycles. The highest BCUT2D eigenvalue weighted by atomic mass is 19.1. The van der Waals surface area contributed by atoms with Crippen molar-refractivity contribution in [1.82, 2.24) is 15.1 Å². The number of carbonyl (C=O) groups excluding carboxylic acids is 2. The number of benzene rings is 1. The van der Waals surface area contributed by atoms with E-state index in [1.54, 1.807) is 12.1 Å². The molecule has 0 aromatic heterocycles. The van der Waals surface area contributed by atoms with Crippen LogP contribution in [0.5, 0.6) is 0 Å². The molecule has 1 fully saturated rings. The molecule has 0 spiro atoms. The van der Waals surface area contributed by atoms with Gasteiger partial charge in [-0.1, -0.05) is 18.6 Å².